The number of amides is 1. The Kier molecular flexibility index (Phi) is 8.24. The van der Waals surface area contributed by atoms with Crippen LogP contribution in [0, 0.1) is 0 Å². The molecule has 1 atom stereocenters. The quantitative estimate of drug-likeness (QED) is 0.312. The molecule has 35 heavy (non-hydrogen) atoms. The Morgan fingerprint density at radius 3 is 2.23 bits per heavy atom. The van der Waals surface area contributed by atoms with Crippen LogP contribution in [-0.4, -0.2) is 82.2 Å². The first kappa shape index (κ1) is 25.9. The van der Waals surface area contributed by atoms with Gasteiger partial charge in [0.1, 0.15) is 5.76 Å². The second kappa shape index (κ2) is 11.1. The number of hydrogen-bond donors (Lipinski definition) is 1. The van der Waals surface area contributed by atoms with Crippen LogP contribution >= 0.6 is 0 Å². The highest BCUT2D eigenvalue weighted by Gasteiger charge is 2.47. The van der Waals surface area contributed by atoms with Crippen LogP contribution in [0.4, 0.5) is 0 Å². The van der Waals surface area contributed by atoms with E-state index in [0.29, 0.717) is 47.1 Å². The van der Waals surface area contributed by atoms with Crippen molar-refractivity contribution in [3.8, 4) is 23.0 Å². The fourth-order valence-corrected chi connectivity index (χ4v) is 4.26. The minimum absolute atomic E-state index is 0.0290. The molecule has 1 fully saturated rings. The molecular formula is C26H32N2O7. The molecule has 188 valence electrons. The molecule has 1 aliphatic heterocycles. The number of Topliss-reactive ketones (excluding diaryl/α,β-unsaturated/α-hetero) is 1. The SMILES string of the molecule is COc1ccc(/C(O)=C2/C(=O)C(=O)N(CCCN(C)C)C2c2cccc(OC)c2OC)cc1OC. The Bertz CT molecular complexity index is 1130. The fourth-order valence-electron chi connectivity index (χ4n) is 4.26. The van der Waals surface area contributed by atoms with E-state index in [9.17, 15) is 14.7 Å². The maximum absolute atomic E-state index is 13.3. The maximum atomic E-state index is 13.3. The molecule has 2 aromatic rings. The van der Waals surface area contributed by atoms with Crippen molar-refractivity contribution in [2.75, 3.05) is 55.6 Å². The van der Waals surface area contributed by atoms with Crippen LogP contribution in [0.3, 0.4) is 0 Å². The van der Waals surface area contributed by atoms with Crippen molar-refractivity contribution in [2.45, 2.75) is 12.5 Å². The van der Waals surface area contributed by atoms with Gasteiger partial charge in [-0.25, -0.2) is 0 Å². The lowest BCUT2D eigenvalue weighted by molar-refractivity contribution is -0.140. The van der Waals surface area contributed by atoms with Crippen molar-refractivity contribution in [2.24, 2.45) is 0 Å². The lowest BCUT2D eigenvalue weighted by atomic mass is 9.94. The van der Waals surface area contributed by atoms with Crippen LogP contribution in [-0.2, 0) is 9.59 Å². The Labute approximate surface area is 205 Å². The largest absolute Gasteiger partial charge is 0.507 e. The summed E-state index contributed by atoms with van der Waals surface area (Å²) in [5, 5.41) is 11.3. The Balaban J connectivity index is 2.22. The van der Waals surface area contributed by atoms with Crippen LogP contribution in [0.2, 0.25) is 0 Å². The smallest absolute Gasteiger partial charge is 0.295 e. The van der Waals surface area contributed by atoms with E-state index in [1.165, 1.54) is 33.3 Å². The van der Waals surface area contributed by atoms with Crippen LogP contribution < -0.4 is 18.9 Å². The van der Waals surface area contributed by atoms with Crippen LogP contribution in [0.5, 0.6) is 23.0 Å². The number of aliphatic hydroxyl groups excluding tert-OH is 1. The lowest BCUT2D eigenvalue weighted by Crippen LogP contribution is -2.32. The van der Waals surface area contributed by atoms with Crippen molar-refractivity contribution in [3.63, 3.8) is 0 Å². The molecule has 0 bridgehead atoms. The highest BCUT2D eigenvalue weighted by atomic mass is 16.5. The van der Waals surface area contributed by atoms with E-state index >= 15 is 0 Å². The predicted molar refractivity (Wildman–Crippen MR) is 131 cm³/mol. The number of ether oxygens (including phenoxy) is 4. The van der Waals surface area contributed by atoms with Crippen molar-refractivity contribution in [3.05, 3.63) is 53.1 Å². The summed E-state index contributed by atoms with van der Waals surface area (Å²) in [7, 11) is 9.87. The number of para-hydroxylation sites is 1. The number of hydrogen-bond acceptors (Lipinski definition) is 8. The van der Waals surface area contributed by atoms with Gasteiger partial charge in [-0.05, 0) is 51.3 Å². The third-order valence-corrected chi connectivity index (χ3v) is 5.93. The number of benzene rings is 2. The zero-order valence-electron chi connectivity index (χ0n) is 21.0. The first-order chi connectivity index (χ1) is 16.8. The third kappa shape index (κ3) is 5.05. The van der Waals surface area contributed by atoms with Gasteiger partial charge in [-0.3, -0.25) is 9.59 Å². The molecule has 9 nitrogen and oxygen atoms in total. The van der Waals surface area contributed by atoms with Gasteiger partial charge in [-0.1, -0.05) is 12.1 Å². The minimum atomic E-state index is -0.865. The molecule has 0 saturated carbocycles. The number of carbonyl (C=O) groups excluding carboxylic acids is 2. The summed E-state index contributed by atoms with van der Waals surface area (Å²) in [5.74, 6) is -0.0638. The normalized spacial score (nSPS) is 17.1. The van der Waals surface area contributed by atoms with Crippen molar-refractivity contribution >= 4 is 17.4 Å². The molecule has 2 aromatic carbocycles. The minimum Gasteiger partial charge on any atom is -0.507 e. The third-order valence-electron chi connectivity index (χ3n) is 5.93. The Morgan fingerprint density at radius 2 is 1.63 bits per heavy atom. The molecule has 0 radical (unpaired) electrons. The summed E-state index contributed by atoms with van der Waals surface area (Å²) in [6.07, 6.45) is 0.638. The molecule has 1 saturated heterocycles. The highest BCUT2D eigenvalue weighted by Crippen LogP contribution is 2.46. The number of rotatable bonds is 10. The molecular weight excluding hydrogens is 452 g/mol. The van der Waals surface area contributed by atoms with Gasteiger partial charge >= 0.3 is 0 Å². The lowest BCUT2D eigenvalue weighted by Gasteiger charge is -2.27. The number of methoxy groups -OCH3 is 4. The first-order valence-corrected chi connectivity index (χ1v) is 11.1. The van der Waals surface area contributed by atoms with Gasteiger partial charge in [-0.15, -0.1) is 0 Å². The molecule has 1 amide bonds. The zero-order valence-corrected chi connectivity index (χ0v) is 21.0. The van der Waals surface area contributed by atoms with Gasteiger partial charge in [0, 0.05) is 17.7 Å². The molecule has 0 aliphatic carbocycles. The van der Waals surface area contributed by atoms with E-state index in [1.54, 1.807) is 36.4 Å². The number of aliphatic hydroxyl groups is 1. The van der Waals surface area contributed by atoms with Gasteiger partial charge in [0.05, 0.1) is 40.1 Å². The van der Waals surface area contributed by atoms with Crippen molar-refractivity contribution in [1.29, 1.82) is 0 Å². The second-order valence-corrected chi connectivity index (χ2v) is 8.30. The van der Waals surface area contributed by atoms with E-state index in [2.05, 4.69) is 0 Å². The first-order valence-electron chi connectivity index (χ1n) is 11.1. The second-order valence-electron chi connectivity index (χ2n) is 8.30. The van der Waals surface area contributed by atoms with Crippen LogP contribution in [0.15, 0.2) is 42.0 Å². The van der Waals surface area contributed by atoms with Gasteiger partial charge in [-0.2, -0.15) is 0 Å². The van der Waals surface area contributed by atoms with E-state index in [0.717, 1.165) is 6.54 Å². The van der Waals surface area contributed by atoms with Gasteiger partial charge in [0.2, 0.25) is 0 Å². The molecule has 0 spiro atoms. The fraction of sp³-hybridized carbons (Fsp3) is 0.385. The average molecular weight is 485 g/mol. The van der Waals surface area contributed by atoms with E-state index < -0.39 is 17.7 Å². The van der Waals surface area contributed by atoms with Crippen molar-refractivity contribution in [1.82, 2.24) is 9.80 Å². The molecule has 1 unspecified atom stereocenters. The molecule has 3 rings (SSSR count). The Hall–Kier alpha value is -3.72. The van der Waals surface area contributed by atoms with Gasteiger partial charge < -0.3 is 33.9 Å². The van der Waals surface area contributed by atoms with Crippen LogP contribution in [0.25, 0.3) is 5.76 Å². The topological polar surface area (TPSA) is 97.8 Å². The average Bonchev–Trinajstić information content (AvgIpc) is 3.11. The number of ketones is 1. The molecule has 1 aliphatic rings. The summed E-state index contributed by atoms with van der Waals surface area (Å²) in [6, 6.07) is 9.18. The summed E-state index contributed by atoms with van der Waals surface area (Å²) in [4.78, 5) is 30.0. The summed E-state index contributed by atoms with van der Waals surface area (Å²) >= 11 is 0. The van der Waals surface area contributed by atoms with E-state index in [4.69, 9.17) is 18.9 Å². The zero-order chi connectivity index (χ0) is 25.7. The number of likely N-dealkylation sites (tertiary alicyclic amines) is 1. The molecule has 0 aromatic heterocycles. The molecule has 9 heteroatoms. The summed E-state index contributed by atoms with van der Waals surface area (Å²) in [5.41, 5.74) is 0.831. The summed E-state index contributed by atoms with van der Waals surface area (Å²) < 4.78 is 21.7. The van der Waals surface area contributed by atoms with E-state index in [-0.39, 0.29) is 11.3 Å². The predicted octanol–water partition coefficient (Wildman–Crippen LogP) is 3.09. The maximum Gasteiger partial charge on any atom is 0.295 e. The van der Waals surface area contributed by atoms with Crippen LogP contribution in [0.1, 0.15) is 23.6 Å². The van der Waals surface area contributed by atoms with Gasteiger partial charge in [0.25, 0.3) is 11.7 Å². The molecule has 1 heterocycles. The highest BCUT2D eigenvalue weighted by molar-refractivity contribution is 6.46. The number of nitrogens with zero attached hydrogens (tertiary/aromatic N) is 2. The van der Waals surface area contributed by atoms with Gasteiger partial charge in [0.15, 0.2) is 23.0 Å². The standard InChI is InChI=1S/C26H32N2O7/c1-27(2)13-8-14-28-22(17-9-7-10-19(33-4)25(17)35-6)21(24(30)26(28)31)23(29)16-11-12-18(32-3)20(15-16)34-5/h7,9-12,15,22,29H,8,13-14H2,1-6H3/b23-21-. The summed E-state index contributed by atoms with van der Waals surface area (Å²) in [6.45, 7) is 1.04. The number of carbonyl (C=O) groups is 2. The Morgan fingerprint density at radius 1 is 0.943 bits per heavy atom. The van der Waals surface area contributed by atoms with Crippen molar-refractivity contribution < 1.29 is 33.6 Å². The van der Waals surface area contributed by atoms with E-state index in [1.807, 2.05) is 19.0 Å². The molecule has 1 N–H and O–H groups in total. The monoisotopic (exact) mass is 484 g/mol.